The van der Waals surface area contributed by atoms with Crippen molar-refractivity contribution in [3.8, 4) is 0 Å². The van der Waals surface area contributed by atoms with Gasteiger partial charge in [0.25, 0.3) is 5.91 Å². The van der Waals surface area contributed by atoms with Gasteiger partial charge in [0.15, 0.2) is 11.4 Å². The molecule has 1 aliphatic rings. The summed E-state index contributed by atoms with van der Waals surface area (Å²) in [4.78, 5) is 25.8. The Labute approximate surface area is 125 Å². The largest absolute Gasteiger partial charge is 0.461 e. The summed E-state index contributed by atoms with van der Waals surface area (Å²) in [6.07, 6.45) is 0.974. The second-order valence-corrected chi connectivity index (χ2v) is 5.40. The third kappa shape index (κ3) is 2.05. The minimum Gasteiger partial charge on any atom is -0.461 e. The van der Waals surface area contributed by atoms with E-state index in [-0.39, 0.29) is 5.76 Å². The Hall–Kier alpha value is -2.11. The highest BCUT2D eigenvalue weighted by molar-refractivity contribution is 6.31. The highest BCUT2D eigenvalue weighted by Gasteiger charge is 2.50. The van der Waals surface area contributed by atoms with E-state index in [1.165, 1.54) is 23.3 Å². The topological polar surface area (TPSA) is 70.8 Å². The highest BCUT2D eigenvalue weighted by atomic mass is 35.5. The molecule has 0 radical (unpaired) electrons. The quantitative estimate of drug-likeness (QED) is 0.884. The minimum atomic E-state index is -1.92. The van der Waals surface area contributed by atoms with Gasteiger partial charge < -0.3 is 14.4 Å². The number of fused-ring (bicyclic) bond motifs is 1. The monoisotopic (exact) mass is 305 g/mol. The number of aliphatic hydroxyl groups is 1. The zero-order valence-corrected chi connectivity index (χ0v) is 11.9. The molecule has 21 heavy (non-hydrogen) atoms. The van der Waals surface area contributed by atoms with Gasteiger partial charge in [0, 0.05) is 17.6 Å². The molecule has 0 spiro atoms. The molecule has 1 aliphatic heterocycles. The number of amides is 1. The van der Waals surface area contributed by atoms with Crippen LogP contribution in [0.2, 0.25) is 5.02 Å². The van der Waals surface area contributed by atoms with Gasteiger partial charge in [-0.25, -0.2) is 0 Å². The molecule has 1 aromatic carbocycles. The van der Waals surface area contributed by atoms with E-state index < -0.39 is 23.7 Å². The van der Waals surface area contributed by atoms with Crippen LogP contribution in [0.5, 0.6) is 0 Å². The number of nitrogens with zero attached hydrogens (tertiary/aromatic N) is 1. The second-order valence-electron chi connectivity index (χ2n) is 4.96. The number of hydrogen-bond donors (Lipinski definition) is 1. The van der Waals surface area contributed by atoms with Crippen molar-refractivity contribution in [1.29, 1.82) is 0 Å². The smallest absolute Gasteiger partial charge is 0.263 e. The van der Waals surface area contributed by atoms with E-state index in [1.807, 2.05) is 0 Å². The second kappa shape index (κ2) is 4.72. The fourth-order valence-electron chi connectivity index (χ4n) is 2.56. The van der Waals surface area contributed by atoms with Crippen molar-refractivity contribution >= 4 is 29.0 Å². The van der Waals surface area contributed by atoms with Crippen molar-refractivity contribution in [2.45, 2.75) is 12.0 Å². The van der Waals surface area contributed by atoms with Crippen LogP contribution in [0.1, 0.15) is 22.5 Å². The number of rotatable bonds is 3. The molecule has 1 aromatic heterocycles. The summed E-state index contributed by atoms with van der Waals surface area (Å²) in [7, 11) is 1.55. The molecular formula is C15H12ClNO4. The number of ketones is 1. The molecule has 1 N–H and O–H groups in total. The van der Waals surface area contributed by atoms with Gasteiger partial charge in [-0.05, 0) is 30.3 Å². The van der Waals surface area contributed by atoms with Crippen LogP contribution in [-0.2, 0) is 10.4 Å². The number of Topliss-reactive ketones (excluding diaryl/α,β-unsaturated/α-hetero) is 1. The molecule has 0 unspecified atom stereocenters. The fraction of sp³-hybridized carbons (Fsp3) is 0.200. The van der Waals surface area contributed by atoms with Crippen molar-refractivity contribution in [2.24, 2.45) is 0 Å². The van der Waals surface area contributed by atoms with Gasteiger partial charge in [0.05, 0.1) is 18.4 Å². The number of likely N-dealkylation sites (N-methyl/N-ethyl adjacent to an activating group) is 1. The third-order valence-electron chi connectivity index (χ3n) is 3.64. The van der Waals surface area contributed by atoms with Crippen LogP contribution in [0.25, 0.3) is 0 Å². The standard InChI is InChI=1S/C15H12ClNO4/c1-17-11-5-4-9(16)7-10(11)15(20,14(17)19)8-12(18)13-3-2-6-21-13/h2-7,20H,8H2,1H3/t15-/m0/s1. The van der Waals surface area contributed by atoms with Gasteiger partial charge in [-0.15, -0.1) is 0 Å². The Balaban J connectivity index is 2.03. The van der Waals surface area contributed by atoms with Gasteiger partial charge in [0.1, 0.15) is 0 Å². The Morgan fingerprint density at radius 3 is 2.86 bits per heavy atom. The molecule has 3 rings (SSSR count). The zero-order valence-electron chi connectivity index (χ0n) is 11.2. The number of carbonyl (C=O) groups excluding carboxylic acids is 2. The summed E-state index contributed by atoms with van der Waals surface area (Å²) in [5.41, 5.74) is -1.04. The first-order valence-electron chi connectivity index (χ1n) is 6.31. The van der Waals surface area contributed by atoms with Crippen LogP contribution < -0.4 is 4.90 Å². The van der Waals surface area contributed by atoms with Crippen molar-refractivity contribution < 1.29 is 19.1 Å². The molecule has 108 valence electrons. The van der Waals surface area contributed by atoms with E-state index in [4.69, 9.17) is 16.0 Å². The van der Waals surface area contributed by atoms with E-state index in [0.29, 0.717) is 16.3 Å². The maximum atomic E-state index is 12.4. The molecule has 0 aliphatic carbocycles. The average molecular weight is 306 g/mol. The maximum Gasteiger partial charge on any atom is 0.263 e. The van der Waals surface area contributed by atoms with E-state index in [1.54, 1.807) is 25.2 Å². The molecule has 2 heterocycles. The predicted molar refractivity (Wildman–Crippen MR) is 76.4 cm³/mol. The molecule has 6 heteroatoms. The van der Waals surface area contributed by atoms with Crippen molar-refractivity contribution in [1.82, 2.24) is 0 Å². The summed E-state index contributed by atoms with van der Waals surface area (Å²) in [6.45, 7) is 0. The fourth-order valence-corrected chi connectivity index (χ4v) is 2.73. The van der Waals surface area contributed by atoms with Crippen LogP contribution in [0.3, 0.4) is 0 Å². The van der Waals surface area contributed by atoms with Crippen LogP contribution in [0, 0.1) is 0 Å². The summed E-state index contributed by atoms with van der Waals surface area (Å²) in [5.74, 6) is -0.897. The van der Waals surface area contributed by atoms with Crippen molar-refractivity contribution in [3.63, 3.8) is 0 Å². The lowest BCUT2D eigenvalue weighted by molar-refractivity contribution is -0.135. The van der Waals surface area contributed by atoms with E-state index in [0.717, 1.165) is 0 Å². The van der Waals surface area contributed by atoms with Crippen LogP contribution >= 0.6 is 11.6 Å². The molecule has 2 aromatic rings. The molecular weight excluding hydrogens is 294 g/mol. The van der Waals surface area contributed by atoms with Crippen molar-refractivity contribution in [3.05, 3.63) is 52.9 Å². The molecule has 0 fully saturated rings. The van der Waals surface area contributed by atoms with Gasteiger partial charge in [-0.1, -0.05) is 11.6 Å². The Kier molecular flexibility index (Phi) is 3.11. The molecule has 0 saturated heterocycles. The third-order valence-corrected chi connectivity index (χ3v) is 3.87. The number of hydrogen-bond acceptors (Lipinski definition) is 4. The van der Waals surface area contributed by atoms with Gasteiger partial charge in [-0.3, -0.25) is 9.59 Å². The van der Waals surface area contributed by atoms with Crippen LogP contribution in [0.15, 0.2) is 41.0 Å². The predicted octanol–water partition coefficient (Wildman–Crippen LogP) is 2.37. The SMILES string of the molecule is CN1C(=O)[C@](O)(CC(=O)c2ccco2)c2cc(Cl)ccc21. The van der Waals surface area contributed by atoms with Crippen LogP contribution in [0.4, 0.5) is 5.69 Å². The molecule has 1 atom stereocenters. The lowest BCUT2D eigenvalue weighted by Gasteiger charge is -2.20. The number of halogens is 1. The van der Waals surface area contributed by atoms with Gasteiger partial charge >= 0.3 is 0 Å². The number of carbonyl (C=O) groups is 2. The van der Waals surface area contributed by atoms with Crippen molar-refractivity contribution in [2.75, 3.05) is 11.9 Å². The average Bonchev–Trinajstić information content (AvgIpc) is 3.04. The first kappa shape index (κ1) is 13.9. The summed E-state index contributed by atoms with van der Waals surface area (Å²) in [6, 6.07) is 7.85. The molecule has 0 saturated carbocycles. The first-order valence-corrected chi connectivity index (χ1v) is 6.68. The number of anilines is 1. The first-order chi connectivity index (χ1) is 9.93. The number of benzene rings is 1. The normalized spacial score (nSPS) is 20.7. The van der Waals surface area contributed by atoms with Gasteiger partial charge in [0.2, 0.25) is 5.78 Å². The summed E-state index contributed by atoms with van der Waals surface area (Å²) < 4.78 is 5.01. The van der Waals surface area contributed by atoms with E-state index in [9.17, 15) is 14.7 Å². The Morgan fingerprint density at radius 2 is 2.19 bits per heavy atom. The zero-order chi connectivity index (χ0) is 15.2. The molecule has 1 amide bonds. The maximum absolute atomic E-state index is 12.4. The van der Waals surface area contributed by atoms with Crippen LogP contribution in [-0.4, -0.2) is 23.8 Å². The molecule has 0 bridgehead atoms. The minimum absolute atomic E-state index is 0.106. The highest BCUT2D eigenvalue weighted by Crippen LogP contribution is 2.43. The lowest BCUT2D eigenvalue weighted by atomic mass is 9.89. The Bertz CT molecular complexity index is 725. The molecule has 5 nitrogen and oxygen atoms in total. The number of furan rings is 1. The van der Waals surface area contributed by atoms with E-state index >= 15 is 0 Å². The Morgan fingerprint density at radius 1 is 1.43 bits per heavy atom. The lowest BCUT2D eigenvalue weighted by Crippen LogP contribution is -2.40. The summed E-state index contributed by atoms with van der Waals surface area (Å²) in [5, 5.41) is 11.2. The summed E-state index contributed by atoms with van der Waals surface area (Å²) >= 11 is 5.94. The van der Waals surface area contributed by atoms with E-state index in [2.05, 4.69) is 0 Å². The van der Waals surface area contributed by atoms with Gasteiger partial charge in [-0.2, -0.15) is 0 Å².